The first-order valence-electron chi connectivity index (χ1n) is 9.27. The molecule has 0 fully saturated rings. The zero-order valence-corrected chi connectivity index (χ0v) is 18.7. The predicted octanol–water partition coefficient (Wildman–Crippen LogP) is 2.45. The highest BCUT2D eigenvalue weighted by molar-refractivity contribution is 7.80. The van der Waals surface area contributed by atoms with Crippen molar-refractivity contribution in [2.45, 2.75) is 20.0 Å². The van der Waals surface area contributed by atoms with Gasteiger partial charge in [-0.1, -0.05) is 0 Å². The third-order valence-electron chi connectivity index (χ3n) is 3.93. The molecule has 9 nitrogen and oxygen atoms in total. The lowest BCUT2D eigenvalue weighted by Crippen LogP contribution is -2.48. The largest absolute Gasteiger partial charge is 0.493 e. The lowest BCUT2D eigenvalue weighted by Gasteiger charge is -2.15. The van der Waals surface area contributed by atoms with Crippen molar-refractivity contribution in [1.29, 1.82) is 0 Å². The Hall–Kier alpha value is -3.53. The summed E-state index contributed by atoms with van der Waals surface area (Å²) in [6.45, 7) is 3.83. The molecule has 0 aromatic heterocycles. The van der Waals surface area contributed by atoms with Crippen LogP contribution >= 0.6 is 12.2 Å². The zero-order chi connectivity index (χ0) is 23.0. The van der Waals surface area contributed by atoms with E-state index in [1.54, 1.807) is 24.3 Å². The molecule has 0 atom stereocenters. The Morgan fingerprint density at radius 2 is 1.42 bits per heavy atom. The maximum atomic E-state index is 12.5. The summed E-state index contributed by atoms with van der Waals surface area (Å²) in [6, 6.07) is 9.59. The van der Waals surface area contributed by atoms with Crippen LogP contribution in [0.5, 0.6) is 23.0 Å². The van der Waals surface area contributed by atoms with E-state index in [0.717, 1.165) is 0 Å². The van der Waals surface area contributed by atoms with E-state index < -0.39 is 11.8 Å². The molecule has 2 rings (SSSR count). The molecule has 3 N–H and O–H groups in total. The first-order valence-corrected chi connectivity index (χ1v) is 9.68. The number of carbonyl (C=O) groups excluding carboxylic acids is 2. The summed E-state index contributed by atoms with van der Waals surface area (Å²) >= 11 is 5.07. The van der Waals surface area contributed by atoms with Gasteiger partial charge in [0.25, 0.3) is 11.8 Å². The van der Waals surface area contributed by atoms with Crippen molar-refractivity contribution in [1.82, 2.24) is 16.2 Å². The summed E-state index contributed by atoms with van der Waals surface area (Å²) in [7, 11) is 4.36. The molecule has 0 bridgehead atoms. The number of amides is 2. The first kappa shape index (κ1) is 23.7. The number of ether oxygens (including phenoxy) is 4. The van der Waals surface area contributed by atoms with Gasteiger partial charge >= 0.3 is 0 Å². The summed E-state index contributed by atoms with van der Waals surface area (Å²) in [6.07, 6.45) is 0.0331. The Bertz CT molecular complexity index is 922. The van der Waals surface area contributed by atoms with E-state index in [-0.39, 0.29) is 16.8 Å². The third-order valence-corrected chi connectivity index (χ3v) is 4.14. The van der Waals surface area contributed by atoms with Crippen molar-refractivity contribution in [2.24, 2.45) is 0 Å². The minimum Gasteiger partial charge on any atom is -0.493 e. The fourth-order valence-corrected chi connectivity index (χ4v) is 2.71. The van der Waals surface area contributed by atoms with Gasteiger partial charge < -0.3 is 18.9 Å². The predicted molar refractivity (Wildman–Crippen MR) is 119 cm³/mol. The Morgan fingerprint density at radius 1 is 0.839 bits per heavy atom. The lowest BCUT2D eigenvalue weighted by atomic mass is 10.1. The van der Waals surface area contributed by atoms with Crippen molar-refractivity contribution >= 4 is 29.1 Å². The Kier molecular flexibility index (Phi) is 8.44. The fraction of sp³-hybridized carbons (Fsp3) is 0.286. The van der Waals surface area contributed by atoms with Crippen LogP contribution in [0.1, 0.15) is 34.6 Å². The van der Waals surface area contributed by atoms with E-state index in [4.69, 9.17) is 31.2 Å². The molecule has 0 saturated heterocycles. The van der Waals surface area contributed by atoms with Crippen LogP contribution in [0.15, 0.2) is 36.4 Å². The van der Waals surface area contributed by atoms with Gasteiger partial charge in [0.15, 0.2) is 16.6 Å². The number of hydrogen-bond acceptors (Lipinski definition) is 7. The quantitative estimate of drug-likeness (QED) is 0.439. The fourth-order valence-electron chi connectivity index (χ4n) is 2.56. The Morgan fingerprint density at radius 3 is 1.90 bits per heavy atom. The molecule has 0 aliphatic heterocycles. The number of carbonyl (C=O) groups is 2. The highest BCUT2D eigenvalue weighted by Gasteiger charge is 2.17. The van der Waals surface area contributed by atoms with Crippen LogP contribution in [0.4, 0.5) is 0 Å². The molecule has 0 saturated carbocycles. The zero-order valence-electron chi connectivity index (χ0n) is 17.9. The normalized spacial score (nSPS) is 10.1. The van der Waals surface area contributed by atoms with Crippen LogP contribution in [0.2, 0.25) is 0 Å². The van der Waals surface area contributed by atoms with Gasteiger partial charge in [0.2, 0.25) is 5.75 Å². The van der Waals surface area contributed by atoms with Crippen LogP contribution < -0.4 is 35.1 Å². The molecular weight excluding hydrogens is 422 g/mol. The number of hydrazine groups is 1. The molecule has 0 radical (unpaired) electrons. The van der Waals surface area contributed by atoms with Gasteiger partial charge in [0, 0.05) is 11.1 Å². The molecule has 0 aliphatic rings. The third kappa shape index (κ3) is 6.48. The summed E-state index contributed by atoms with van der Waals surface area (Å²) in [4.78, 5) is 24.8. The second-order valence-electron chi connectivity index (χ2n) is 6.47. The molecule has 0 heterocycles. The number of nitrogens with one attached hydrogen (secondary N) is 3. The molecular formula is C21H25N3O6S. The average molecular weight is 448 g/mol. The number of rotatable bonds is 7. The maximum absolute atomic E-state index is 12.5. The van der Waals surface area contributed by atoms with Gasteiger partial charge in [-0.05, 0) is 62.5 Å². The summed E-state index contributed by atoms with van der Waals surface area (Å²) in [5.41, 5.74) is 5.51. The topological polar surface area (TPSA) is 107 Å². The van der Waals surface area contributed by atoms with Crippen LogP contribution in [-0.4, -0.2) is 44.4 Å². The number of methoxy groups -OCH3 is 3. The van der Waals surface area contributed by atoms with Crippen molar-refractivity contribution in [3.63, 3.8) is 0 Å². The van der Waals surface area contributed by atoms with Gasteiger partial charge in [-0.3, -0.25) is 25.8 Å². The van der Waals surface area contributed by atoms with Gasteiger partial charge in [-0.25, -0.2) is 0 Å². The van der Waals surface area contributed by atoms with Gasteiger partial charge in [0.1, 0.15) is 5.75 Å². The minimum absolute atomic E-state index is 0.0331. The number of thiocarbonyl (C=S) groups is 1. The van der Waals surface area contributed by atoms with Gasteiger partial charge in [-0.2, -0.15) is 0 Å². The summed E-state index contributed by atoms with van der Waals surface area (Å²) < 4.78 is 21.2. The van der Waals surface area contributed by atoms with Crippen molar-refractivity contribution < 1.29 is 28.5 Å². The maximum Gasteiger partial charge on any atom is 0.269 e. The van der Waals surface area contributed by atoms with E-state index in [1.165, 1.54) is 33.5 Å². The van der Waals surface area contributed by atoms with E-state index in [0.29, 0.717) is 28.6 Å². The molecule has 0 spiro atoms. The highest BCUT2D eigenvalue weighted by Crippen LogP contribution is 2.38. The summed E-state index contributed by atoms with van der Waals surface area (Å²) in [5.74, 6) is 0.717. The molecule has 2 amide bonds. The van der Waals surface area contributed by atoms with Gasteiger partial charge in [-0.15, -0.1) is 0 Å². The average Bonchev–Trinajstić information content (AvgIpc) is 2.76. The highest BCUT2D eigenvalue weighted by atomic mass is 32.1. The molecule has 2 aromatic carbocycles. The lowest BCUT2D eigenvalue weighted by molar-refractivity contribution is 0.0934. The van der Waals surface area contributed by atoms with Crippen molar-refractivity contribution in [2.75, 3.05) is 21.3 Å². The van der Waals surface area contributed by atoms with E-state index in [2.05, 4.69) is 16.2 Å². The van der Waals surface area contributed by atoms with Crippen LogP contribution in [0, 0.1) is 0 Å². The number of hydrogen-bond donors (Lipinski definition) is 3. The first-order chi connectivity index (χ1) is 14.8. The molecule has 2 aromatic rings. The van der Waals surface area contributed by atoms with Crippen molar-refractivity contribution in [3.8, 4) is 23.0 Å². The van der Waals surface area contributed by atoms with E-state index in [9.17, 15) is 9.59 Å². The summed E-state index contributed by atoms with van der Waals surface area (Å²) in [5, 5.41) is 2.41. The minimum atomic E-state index is -0.522. The molecule has 10 heteroatoms. The van der Waals surface area contributed by atoms with E-state index >= 15 is 0 Å². The molecule has 166 valence electrons. The Labute approximate surface area is 186 Å². The second kappa shape index (κ2) is 11.0. The molecule has 0 aliphatic carbocycles. The van der Waals surface area contributed by atoms with Crippen LogP contribution in [0.25, 0.3) is 0 Å². The van der Waals surface area contributed by atoms with Crippen LogP contribution in [-0.2, 0) is 0 Å². The second-order valence-corrected chi connectivity index (χ2v) is 6.88. The smallest absolute Gasteiger partial charge is 0.269 e. The monoisotopic (exact) mass is 447 g/mol. The van der Waals surface area contributed by atoms with Crippen molar-refractivity contribution in [3.05, 3.63) is 47.5 Å². The molecule has 0 unspecified atom stereocenters. The van der Waals surface area contributed by atoms with Gasteiger partial charge in [0.05, 0.1) is 27.4 Å². The molecule has 31 heavy (non-hydrogen) atoms. The standard InChI is InChI=1S/C21H25N3O6S/c1-12(2)30-15-8-6-13(7-9-15)19(25)22-21(31)24-23-20(26)14-10-16(27-3)18(29-5)17(11-14)28-4/h6-12H,1-5H3,(H,23,26)(H2,22,24,25,31). The number of benzene rings is 2. The van der Waals surface area contributed by atoms with E-state index in [1.807, 2.05) is 13.8 Å². The Balaban J connectivity index is 1.96. The SMILES string of the molecule is COc1cc(C(=O)NNC(=S)NC(=O)c2ccc(OC(C)C)cc2)cc(OC)c1OC. The van der Waals surface area contributed by atoms with Crippen LogP contribution in [0.3, 0.4) is 0 Å².